The van der Waals surface area contributed by atoms with Gasteiger partial charge in [-0.15, -0.1) is 0 Å². The Morgan fingerprint density at radius 3 is 2.52 bits per heavy atom. The Morgan fingerprint density at radius 1 is 1.20 bits per heavy atom. The summed E-state index contributed by atoms with van der Waals surface area (Å²) in [5, 5.41) is 0.755. The summed E-state index contributed by atoms with van der Waals surface area (Å²) in [6.45, 7) is 5.49. The molecule has 0 aliphatic carbocycles. The molecule has 0 heterocycles. The minimum atomic E-state index is -0.941. The van der Waals surface area contributed by atoms with Crippen molar-refractivity contribution in [2.45, 2.75) is 46.1 Å². The van der Waals surface area contributed by atoms with Crippen LogP contribution >= 0.6 is 23.2 Å². The summed E-state index contributed by atoms with van der Waals surface area (Å²) in [7, 11) is 0. The molecule has 1 aromatic carbocycles. The highest BCUT2D eigenvalue weighted by molar-refractivity contribution is 6.35. The lowest BCUT2D eigenvalue weighted by Crippen LogP contribution is -2.36. The van der Waals surface area contributed by atoms with Crippen LogP contribution in [-0.4, -0.2) is 31.3 Å². The molecule has 25 heavy (non-hydrogen) atoms. The van der Waals surface area contributed by atoms with E-state index in [-0.39, 0.29) is 19.1 Å². The summed E-state index contributed by atoms with van der Waals surface area (Å²) >= 11 is 11.8. The first-order chi connectivity index (χ1) is 11.9. The van der Waals surface area contributed by atoms with Crippen molar-refractivity contribution in [2.24, 2.45) is 5.92 Å². The zero-order valence-electron chi connectivity index (χ0n) is 14.7. The zero-order chi connectivity index (χ0) is 18.8. The standard InChI is InChI=1S/C18H24Cl2O5/c1-4-6-7-12(3)17(18(22)23-5-2)25-16(21)11-24-15-9-8-13(19)10-14(15)20/h8-10,12,17H,4-7,11H2,1-3H3. The number of esters is 2. The topological polar surface area (TPSA) is 61.8 Å². The summed E-state index contributed by atoms with van der Waals surface area (Å²) in [5.41, 5.74) is 0. The van der Waals surface area contributed by atoms with Crippen molar-refractivity contribution in [3.05, 3.63) is 28.2 Å². The quantitative estimate of drug-likeness (QED) is 0.543. The fraction of sp³-hybridized carbons (Fsp3) is 0.556. The van der Waals surface area contributed by atoms with Crippen molar-refractivity contribution >= 4 is 35.1 Å². The first kappa shape index (κ1) is 21.6. The molecule has 0 N–H and O–H groups in total. The van der Waals surface area contributed by atoms with Gasteiger partial charge in [-0.3, -0.25) is 0 Å². The first-order valence-corrected chi connectivity index (χ1v) is 9.08. The van der Waals surface area contributed by atoms with Gasteiger partial charge in [0.15, 0.2) is 6.61 Å². The van der Waals surface area contributed by atoms with Crippen LogP contribution in [0.4, 0.5) is 0 Å². The normalized spacial score (nSPS) is 13.0. The molecule has 2 atom stereocenters. The van der Waals surface area contributed by atoms with E-state index < -0.39 is 18.0 Å². The molecule has 0 bridgehead atoms. The van der Waals surface area contributed by atoms with Crippen LogP contribution in [0.15, 0.2) is 18.2 Å². The van der Waals surface area contributed by atoms with Crippen LogP contribution in [0, 0.1) is 5.92 Å². The molecule has 0 saturated heterocycles. The SMILES string of the molecule is CCCCC(C)C(OC(=O)COc1ccc(Cl)cc1Cl)C(=O)OCC. The fourth-order valence-corrected chi connectivity index (χ4v) is 2.67. The Morgan fingerprint density at radius 2 is 1.92 bits per heavy atom. The molecule has 0 aromatic heterocycles. The second-order valence-electron chi connectivity index (χ2n) is 5.65. The molecule has 0 spiro atoms. The van der Waals surface area contributed by atoms with E-state index >= 15 is 0 Å². The van der Waals surface area contributed by atoms with Gasteiger partial charge in [0.2, 0.25) is 6.10 Å². The van der Waals surface area contributed by atoms with Gasteiger partial charge < -0.3 is 14.2 Å². The highest BCUT2D eigenvalue weighted by Crippen LogP contribution is 2.27. The van der Waals surface area contributed by atoms with Crippen molar-refractivity contribution in [3.8, 4) is 5.75 Å². The number of rotatable bonds is 10. The van der Waals surface area contributed by atoms with Gasteiger partial charge >= 0.3 is 11.9 Å². The molecule has 0 aliphatic rings. The molecule has 140 valence electrons. The third-order valence-electron chi connectivity index (χ3n) is 3.55. The molecule has 0 aliphatic heterocycles. The van der Waals surface area contributed by atoms with E-state index in [1.54, 1.807) is 19.1 Å². The van der Waals surface area contributed by atoms with Crippen molar-refractivity contribution in [2.75, 3.05) is 13.2 Å². The first-order valence-electron chi connectivity index (χ1n) is 8.33. The van der Waals surface area contributed by atoms with Gasteiger partial charge in [0.05, 0.1) is 11.6 Å². The number of hydrogen-bond donors (Lipinski definition) is 0. The molecule has 1 aromatic rings. The Balaban J connectivity index is 2.65. The summed E-state index contributed by atoms with van der Waals surface area (Å²) in [5.74, 6) is -1.02. The van der Waals surface area contributed by atoms with Crippen LogP contribution in [0.3, 0.4) is 0 Å². The Kier molecular flexibility index (Phi) is 9.68. The molecule has 0 radical (unpaired) electrons. The van der Waals surface area contributed by atoms with E-state index in [2.05, 4.69) is 6.92 Å². The van der Waals surface area contributed by atoms with Crippen LogP contribution in [0.25, 0.3) is 0 Å². The third-order valence-corrected chi connectivity index (χ3v) is 4.08. The zero-order valence-corrected chi connectivity index (χ0v) is 16.2. The Hall–Kier alpha value is -1.46. The van der Waals surface area contributed by atoms with Crippen molar-refractivity contribution in [1.29, 1.82) is 0 Å². The summed E-state index contributed by atoms with van der Waals surface area (Å²) in [6, 6.07) is 4.67. The molecule has 0 saturated carbocycles. The van der Waals surface area contributed by atoms with Gasteiger partial charge in [-0.25, -0.2) is 9.59 Å². The van der Waals surface area contributed by atoms with Gasteiger partial charge in [0.1, 0.15) is 5.75 Å². The van der Waals surface area contributed by atoms with E-state index in [1.165, 1.54) is 6.07 Å². The second-order valence-corrected chi connectivity index (χ2v) is 6.49. The maximum atomic E-state index is 12.1. The van der Waals surface area contributed by atoms with Crippen LogP contribution in [0.2, 0.25) is 10.0 Å². The number of halogens is 2. The molecule has 2 unspecified atom stereocenters. The third kappa shape index (κ3) is 7.53. The van der Waals surface area contributed by atoms with Crippen LogP contribution < -0.4 is 4.74 Å². The molecular formula is C18H24Cl2O5. The predicted octanol–water partition coefficient (Wildman–Crippen LogP) is 4.67. The molecule has 0 fully saturated rings. The number of ether oxygens (including phenoxy) is 3. The van der Waals surface area contributed by atoms with Crippen LogP contribution in [0.1, 0.15) is 40.0 Å². The Bertz CT molecular complexity index is 577. The predicted molar refractivity (Wildman–Crippen MR) is 97.2 cm³/mol. The van der Waals surface area contributed by atoms with E-state index in [1.807, 2.05) is 6.92 Å². The number of carbonyl (C=O) groups is 2. The van der Waals surface area contributed by atoms with Crippen molar-refractivity contribution in [1.82, 2.24) is 0 Å². The number of carbonyl (C=O) groups excluding carboxylic acids is 2. The van der Waals surface area contributed by atoms with Crippen LogP contribution in [0.5, 0.6) is 5.75 Å². The van der Waals surface area contributed by atoms with Gasteiger partial charge in [-0.2, -0.15) is 0 Å². The molecule has 5 nitrogen and oxygen atoms in total. The molecule has 0 amide bonds. The Labute approximate surface area is 158 Å². The van der Waals surface area contributed by atoms with E-state index in [0.717, 1.165) is 19.3 Å². The van der Waals surface area contributed by atoms with E-state index in [4.69, 9.17) is 37.4 Å². The van der Waals surface area contributed by atoms with E-state index in [0.29, 0.717) is 15.8 Å². The highest BCUT2D eigenvalue weighted by atomic mass is 35.5. The lowest BCUT2D eigenvalue weighted by Gasteiger charge is -2.22. The minimum absolute atomic E-state index is 0.137. The maximum Gasteiger partial charge on any atom is 0.347 e. The monoisotopic (exact) mass is 390 g/mol. The number of hydrogen-bond acceptors (Lipinski definition) is 5. The molecular weight excluding hydrogens is 367 g/mol. The van der Waals surface area contributed by atoms with Crippen LogP contribution in [-0.2, 0) is 19.1 Å². The second kappa shape index (κ2) is 11.2. The van der Waals surface area contributed by atoms with Gasteiger partial charge in [0.25, 0.3) is 0 Å². The van der Waals surface area contributed by atoms with E-state index in [9.17, 15) is 9.59 Å². The summed E-state index contributed by atoms with van der Waals surface area (Å²) < 4.78 is 15.6. The van der Waals surface area contributed by atoms with Gasteiger partial charge in [-0.05, 0) is 31.5 Å². The minimum Gasteiger partial charge on any atom is -0.480 e. The molecule has 7 heteroatoms. The highest BCUT2D eigenvalue weighted by Gasteiger charge is 2.30. The maximum absolute atomic E-state index is 12.1. The summed E-state index contributed by atoms with van der Waals surface area (Å²) in [6.07, 6.45) is 1.75. The van der Waals surface area contributed by atoms with Gasteiger partial charge in [-0.1, -0.05) is 49.9 Å². The lowest BCUT2D eigenvalue weighted by molar-refractivity contribution is -0.172. The largest absolute Gasteiger partial charge is 0.480 e. The summed E-state index contributed by atoms with van der Waals surface area (Å²) in [4.78, 5) is 24.1. The van der Waals surface area contributed by atoms with Gasteiger partial charge in [0, 0.05) is 10.9 Å². The number of unbranched alkanes of at least 4 members (excludes halogenated alkanes) is 1. The average molecular weight is 391 g/mol. The lowest BCUT2D eigenvalue weighted by atomic mass is 9.98. The molecule has 1 rings (SSSR count). The average Bonchev–Trinajstić information content (AvgIpc) is 2.56. The number of benzene rings is 1. The smallest absolute Gasteiger partial charge is 0.347 e. The van der Waals surface area contributed by atoms with Crippen molar-refractivity contribution < 1.29 is 23.8 Å². The van der Waals surface area contributed by atoms with Crippen molar-refractivity contribution in [3.63, 3.8) is 0 Å². The fourth-order valence-electron chi connectivity index (χ4n) is 2.20.